The molecule has 2 rings (SSSR count). The molecule has 2 amide bonds. The van der Waals surface area contributed by atoms with Crippen molar-refractivity contribution in [1.82, 2.24) is 10.2 Å². The number of hydrogen-bond acceptors (Lipinski definition) is 4. The third kappa shape index (κ3) is 7.86. The molecular weight excluding hydrogens is 565 g/mol. The standard InChI is InChI=1S/C23H28BrCl2N3O4S/c1-4-5-12-27-23(31)16(2)28(14-17-10-11-19(25)20(26)13-17)22(30)15-29(34(3,32)33)21-9-7-6-8-18(21)24/h6-11,13,16H,4-5,12,14-15H2,1-3H3,(H,27,31)/t16-/m0/s1. The van der Waals surface area contributed by atoms with Gasteiger partial charge >= 0.3 is 0 Å². The van der Waals surface area contributed by atoms with Crippen molar-refractivity contribution >= 4 is 66.7 Å². The molecule has 0 heterocycles. The monoisotopic (exact) mass is 591 g/mol. The Labute approximate surface area is 219 Å². The first kappa shape index (κ1) is 28.4. The first-order chi connectivity index (χ1) is 16.0. The fourth-order valence-corrected chi connectivity index (χ4v) is 5.00. The van der Waals surface area contributed by atoms with Crippen molar-refractivity contribution in [2.24, 2.45) is 0 Å². The molecule has 0 fully saturated rings. The summed E-state index contributed by atoms with van der Waals surface area (Å²) >= 11 is 15.5. The lowest BCUT2D eigenvalue weighted by atomic mass is 10.1. The number of anilines is 1. The molecule has 0 aromatic heterocycles. The van der Waals surface area contributed by atoms with Gasteiger partial charge < -0.3 is 10.2 Å². The van der Waals surface area contributed by atoms with Gasteiger partial charge in [0.2, 0.25) is 21.8 Å². The maximum atomic E-state index is 13.5. The second-order valence-electron chi connectivity index (χ2n) is 7.81. The minimum Gasteiger partial charge on any atom is -0.354 e. The lowest BCUT2D eigenvalue weighted by molar-refractivity contribution is -0.139. The first-order valence-corrected chi connectivity index (χ1v) is 14.1. The average Bonchev–Trinajstić information content (AvgIpc) is 2.77. The molecule has 0 saturated carbocycles. The van der Waals surface area contributed by atoms with Crippen LogP contribution in [0, 0.1) is 0 Å². The van der Waals surface area contributed by atoms with E-state index in [1.807, 2.05) is 6.92 Å². The Kier molecular flexibility index (Phi) is 10.7. The molecule has 0 saturated heterocycles. The number of carbonyl (C=O) groups excluding carboxylic acids is 2. The number of nitrogens with one attached hydrogen (secondary N) is 1. The van der Waals surface area contributed by atoms with E-state index in [0.29, 0.717) is 32.3 Å². The number of halogens is 3. The number of rotatable bonds is 11. The van der Waals surface area contributed by atoms with Crippen molar-refractivity contribution in [3.63, 3.8) is 0 Å². The van der Waals surface area contributed by atoms with Gasteiger partial charge in [0, 0.05) is 17.6 Å². The number of sulfonamides is 1. The third-order valence-electron chi connectivity index (χ3n) is 5.13. The van der Waals surface area contributed by atoms with Gasteiger partial charge in [0.25, 0.3) is 0 Å². The Balaban J connectivity index is 2.38. The zero-order valence-electron chi connectivity index (χ0n) is 19.2. The van der Waals surface area contributed by atoms with Crippen LogP contribution in [0.15, 0.2) is 46.9 Å². The van der Waals surface area contributed by atoms with E-state index < -0.39 is 28.5 Å². The Morgan fingerprint density at radius 2 is 1.79 bits per heavy atom. The van der Waals surface area contributed by atoms with Crippen molar-refractivity contribution in [2.75, 3.05) is 23.7 Å². The highest BCUT2D eigenvalue weighted by molar-refractivity contribution is 9.10. The molecule has 1 N–H and O–H groups in total. The van der Waals surface area contributed by atoms with Crippen molar-refractivity contribution in [2.45, 2.75) is 39.3 Å². The molecule has 2 aromatic carbocycles. The number of benzene rings is 2. The summed E-state index contributed by atoms with van der Waals surface area (Å²) < 4.78 is 26.7. The van der Waals surface area contributed by atoms with Crippen molar-refractivity contribution in [3.8, 4) is 0 Å². The maximum absolute atomic E-state index is 13.5. The minimum absolute atomic E-state index is 0.0473. The van der Waals surface area contributed by atoms with Gasteiger partial charge in [0.15, 0.2) is 0 Å². The molecular formula is C23H28BrCl2N3O4S. The summed E-state index contributed by atoms with van der Waals surface area (Å²) in [5.74, 6) is -0.862. The maximum Gasteiger partial charge on any atom is 0.244 e. The van der Waals surface area contributed by atoms with E-state index in [4.69, 9.17) is 23.2 Å². The highest BCUT2D eigenvalue weighted by Crippen LogP contribution is 2.28. The molecule has 0 aliphatic carbocycles. The van der Waals surface area contributed by atoms with Gasteiger partial charge in [-0.15, -0.1) is 0 Å². The third-order valence-corrected chi connectivity index (χ3v) is 7.67. The van der Waals surface area contributed by atoms with Crippen LogP contribution in [0.1, 0.15) is 32.3 Å². The minimum atomic E-state index is -3.80. The van der Waals surface area contributed by atoms with Gasteiger partial charge in [0.05, 0.1) is 22.0 Å². The van der Waals surface area contributed by atoms with Gasteiger partial charge in [-0.3, -0.25) is 13.9 Å². The number of nitrogens with zero attached hydrogens (tertiary/aromatic N) is 2. The molecule has 34 heavy (non-hydrogen) atoms. The Hall–Kier alpha value is -1.81. The molecule has 2 aromatic rings. The highest BCUT2D eigenvalue weighted by Gasteiger charge is 2.30. The van der Waals surface area contributed by atoms with Gasteiger partial charge in [0.1, 0.15) is 12.6 Å². The van der Waals surface area contributed by atoms with Crippen LogP contribution in [-0.2, 0) is 26.2 Å². The predicted molar refractivity (Wildman–Crippen MR) is 141 cm³/mol. The zero-order valence-corrected chi connectivity index (χ0v) is 23.1. The molecule has 0 bridgehead atoms. The largest absolute Gasteiger partial charge is 0.354 e. The van der Waals surface area contributed by atoms with E-state index in [9.17, 15) is 18.0 Å². The lowest BCUT2D eigenvalue weighted by Gasteiger charge is -2.31. The molecule has 11 heteroatoms. The second kappa shape index (κ2) is 12.8. The molecule has 1 atom stereocenters. The van der Waals surface area contributed by atoms with Crippen LogP contribution in [0.4, 0.5) is 5.69 Å². The number of unbranched alkanes of at least 4 members (excludes halogenated alkanes) is 1. The van der Waals surface area contributed by atoms with Gasteiger partial charge in [-0.05, 0) is 59.1 Å². The van der Waals surface area contributed by atoms with E-state index in [2.05, 4.69) is 21.2 Å². The van der Waals surface area contributed by atoms with Crippen LogP contribution in [0.2, 0.25) is 10.0 Å². The number of carbonyl (C=O) groups is 2. The SMILES string of the molecule is CCCCNC(=O)[C@H](C)N(Cc1ccc(Cl)c(Cl)c1)C(=O)CN(c1ccccc1Br)S(C)(=O)=O. The fourth-order valence-electron chi connectivity index (χ4n) is 3.20. The van der Waals surface area contributed by atoms with E-state index in [-0.39, 0.29) is 12.5 Å². The summed E-state index contributed by atoms with van der Waals surface area (Å²) in [6.07, 6.45) is 2.75. The van der Waals surface area contributed by atoms with E-state index in [1.165, 1.54) is 4.90 Å². The van der Waals surface area contributed by atoms with Crippen LogP contribution in [-0.4, -0.2) is 50.5 Å². The van der Waals surface area contributed by atoms with Gasteiger partial charge in [-0.25, -0.2) is 8.42 Å². The normalized spacial score (nSPS) is 12.2. The van der Waals surface area contributed by atoms with Gasteiger partial charge in [-0.2, -0.15) is 0 Å². The summed E-state index contributed by atoms with van der Waals surface area (Å²) in [6.45, 7) is 3.68. The summed E-state index contributed by atoms with van der Waals surface area (Å²) in [6, 6.07) is 10.8. The van der Waals surface area contributed by atoms with E-state index in [0.717, 1.165) is 23.4 Å². The van der Waals surface area contributed by atoms with Crippen LogP contribution < -0.4 is 9.62 Å². The summed E-state index contributed by atoms with van der Waals surface area (Å²) in [5, 5.41) is 3.51. The average molecular weight is 593 g/mol. The molecule has 0 radical (unpaired) electrons. The summed E-state index contributed by atoms with van der Waals surface area (Å²) in [4.78, 5) is 27.6. The molecule has 7 nitrogen and oxygen atoms in total. The first-order valence-electron chi connectivity index (χ1n) is 10.7. The molecule has 186 valence electrons. The Bertz CT molecular complexity index is 1130. The molecule has 0 unspecified atom stereocenters. The summed E-state index contributed by atoms with van der Waals surface area (Å²) in [5.41, 5.74) is 0.982. The van der Waals surface area contributed by atoms with Crippen LogP contribution in [0.5, 0.6) is 0 Å². The number of para-hydroxylation sites is 1. The topological polar surface area (TPSA) is 86.8 Å². The van der Waals surface area contributed by atoms with E-state index in [1.54, 1.807) is 49.4 Å². The quantitative estimate of drug-likeness (QED) is 0.378. The van der Waals surface area contributed by atoms with Crippen molar-refractivity contribution in [1.29, 1.82) is 0 Å². The van der Waals surface area contributed by atoms with Gasteiger partial charge in [-0.1, -0.05) is 54.7 Å². The number of amides is 2. The lowest BCUT2D eigenvalue weighted by Crippen LogP contribution is -2.51. The fraction of sp³-hybridized carbons (Fsp3) is 0.391. The Morgan fingerprint density at radius 3 is 2.38 bits per heavy atom. The molecule has 0 aliphatic rings. The second-order valence-corrected chi connectivity index (χ2v) is 11.4. The number of hydrogen-bond donors (Lipinski definition) is 1. The molecule has 0 spiro atoms. The van der Waals surface area contributed by atoms with E-state index >= 15 is 0 Å². The zero-order chi connectivity index (χ0) is 25.5. The summed E-state index contributed by atoms with van der Waals surface area (Å²) in [7, 11) is -3.80. The molecule has 0 aliphatic heterocycles. The van der Waals surface area contributed by atoms with Crippen LogP contribution in [0.3, 0.4) is 0 Å². The van der Waals surface area contributed by atoms with Crippen molar-refractivity contribution in [3.05, 3.63) is 62.5 Å². The highest BCUT2D eigenvalue weighted by atomic mass is 79.9. The predicted octanol–water partition coefficient (Wildman–Crippen LogP) is 4.86. The van der Waals surface area contributed by atoms with Crippen LogP contribution >= 0.6 is 39.1 Å². The van der Waals surface area contributed by atoms with Crippen LogP contribution in [0.25, 0.3) is 0 Å². The Morgan fingerprint density at radius 1 is 1.12 bits per heavy atom. The smallest absolute Gasteiger partial charge is 0.244 e. The van der Waals surface area contributed by atoms with Crippen molar-refractivity contribution < 1.29 is 18.0 Å².